The predicted molar refractivity (Wildman–Crippen MR) is 230 cm³/mol. The molecule has 254 valence electrons. The summed E-state index contributed by atoms with van der Waals surface area (Å²) in [6.07, 6.45) is 20.4. The number of benzene rings is 4. The Bertz CT molecular complexity index is 1960. The summed E-state index contributed by atoms with van der Waals surface area (Å²) in [7, 11) is 0. The molecule has 50 heavy (non-hydrogen) atoms. The third-order valence-electron chi connectivity index (χ3n) is 8.80. The average molecular weight is 655 g/mol. The molecular weight excluding hydrogens is 601 g/mol. The zero-order valence-corrected chi connectivity index (χ0v) is 31.2. The molecule has 0 bridgehead atoms. The van der Waals surface area contributed by atoms with E-state index < -0.39 is 0 Å². The van der Waals surface area contributed by atoms with Gasteiger partial charge in [-0.3, -0.25) is 0 Å². The SMILES string of the molecule is C=C/C(C(=C)C)=C(/C=C\C)c1ccc(-c2c(C=C)c(C=C)c(-c3ccc(-c4ccccc4)c(C=C)c3C=C)c3c2CCC=C3)cc1.CC.CC. The molecule has 0 heterocycles. The molecule has 0 fully saturated rings. The Kier molecular flexibility index (Phi) is 14.7. The minimum absolute atomic E-state index is 0.939. The second-order valence-electron chi connectivity index (χ2n) is 11.5. The zero-order valence-electron chi connectivity index (χ0n) is 31.2. The molecule has 0 spiro atoms. The lowest BCUT2D eigenvalue weighted by Crippen LogP contribution is -2.07. The first-order valence-electron chi connectivity index (χ1n) is 17.8. The highest BCUT2D eigenvalue weighted by Gasteiger charge is 2.25. The summed E-state index contributed by atoms with van der Waals surface area (Å²) in [5.74, 6) is 0. The largest absolute Gasteiger partial charge is 0.0984 e. The molecular formula is C50H54. The van der Waals surface area contributed by atoms with Crippen molar-refractivity contribution in [3.8, 4) is 33.4 Å². The van der Waals surface area contributed by atoms with Crippen LogP contribution in [0.2, 0.25) is 0 Å². The van der Waals surface area contributed by atoms with E-state index in [9.17, 15) is 0 Å². The van der Waals surface area contributed by atoms with Crippen molar-refractivity contribution in [1.29, 1.82) is 0 Å². The molecule has 0 saturated heterocycles. The van der Waals surface area contributed by atoms with E-state index in [0.29, 0.717) is 0 Å². The van der Waals surface area contributed by atoms with Gasteiger partial charge in [0.15, 0.2) is 0 Å². The molecule has 1 aliphatic carbocycles. The summed E-state index contributed by atoms with van der Waals surface area (Å²) in [4.78, 5) is 0. The van der Waals surface area contributed by atoms with Crippen LogP contribution in [-0.2, 0) is 6.42 Å². The van der Waals surface area contributed by atoms with E-state index >= 15 is 0 Å². The monoisotopic (exact) mass is 654 g/mol. The Labute approximate surface area is 303 Å². The van der Waals surface area contributed by atoms with Crippen molar-refractivity contribution in [2.75, 3.05) is 0 Å². The molecule has 5 rings (SSSR count). The van der Waals surface area contributed by atoms with Crippen molar-refractivity contribution in [1.82, 2.24) is 0 Å². The molecule has 4 aromatic rings. The highest BCUT2D eigenvalue weighted by molar-refractivity contribution is 6.00. The number of fused-ring (bicyclic) bond motifs is 1. The van der Waals surface area contributed by atoms with E-state index in [1.54, 1.807) is 0 Å². The van der Waals surface area contributed by atoms with Gasteiger partial charge in [0.05, 0.1) is 0 Å². The number of allylic oxidation sites excluding steroid dienone is 7. The molecule has 0 amide bonds. The lowest BCUT2D eigenvalue weighted by atomic mass is 9.76. The first-order chi connectivity index (χ1) is 24.4. The highest BCUT2D eigenvalue weighted by Crippen LogP contribution is 2.47. The smallest absolute Gasteiger partial charge is 0.00237 e. The fourth-order valence-corrected chi connectivity index (χ4v) is 6.78. The van der Waals surface area contributed by atoms with Gasteiger partial charge in [0.25, 0.3) is 0 Å². The van der Waals surface area contributed by atoms with E-state index in [1.165, 1.54) is 16.7 Å². The molecule has 0 atom stereocenters. The second kappa shape index (κ2) is 18.9. The van der Waals surface area contributed by atoms with Gasteiger partial charge in [-0.15, -0.1) is 0 Å². The summed E-state index contributed by atoms with van der Waals surface area (Å²) in [6.45, 7) is 37.4. The normalized spacial score (nSPS) is 11.9. The standard InChI is InChI=1S/C46H42.2C2H6/c1-9-20-40(35(10-2)31(7)8)33-25-27-34(28-26-33)45-38(13-5)39(14-6)46(43-24-19-18-23-42(43)45)44-30-29-41(32-21-16-15-17-22-32)36(11-3)37(44)12-4;2*1-2/h9-17,19-22,24-30H,2-7,18,23H2,1,8H3;2*1-2H3/b20-9-,40-35+;;. The van der Waals surface area contributed by atoms with Crippen LogP contribution >= 0.6 is 0 Å². The van der Waals surface area contributed by atoms with Crippen LogP contribution in [0, 0.1) is 0 Å². The summed E-state index contributed by atoms with van der Waals surface area (Å²) < 4.78 is 0. The van der Waals surface area contributed by atoms with Gasteiger partial charge in [0.2, 0.25) is 0 Å². The Hall–Kier alpha value is -5.46. The van der Waals surface area contributed by atoms with Crippen molar-refractivity contribution < 1.29 is 0 Å². The van der Waals surface area contributed by atoms with Crippen LogP contribution in [0.15, 0.2) is 142 Å². The van der Waals surface area contributed by atoms with Gasteiger partial charge < -0.3 is 0 Å². The van der Waals surface area contributed by atoms with Crippen molar-refractivity contribution in [3.05, 3.63) is 181 Å². The summed E-state index contributed by atoms with van der Waals surface area (Å²) >= 11 is 0. The molecule has 0 N–H and O–H groups in total. The van der Waals surface area contributed by atoms with Crippen molar-refractivity contribution >= 4 is 36.0 Å². The maximum Gasteiger partial charge on any atom is -0.00237 e. The molecule has 0 saturated carbocycles. The van der Waals surface area contributed by atoms with E-state index in [1.807, 2.05) is 78.0 Å². The molecule has 0 aromatic heterocycles. The van der Waals surface area contributed by atoms with Crippen LogP contribution in [-0.4, -0.2) is 0 Å². The van der Waals surface area contributed by atoms with Crippen LogP contribution in [0.3, 0.4) is 0 Å². The molecule has 1 aliphatic rings. The van der Waals surface area contributed by atoms with Crippen molar-refractivity contribution in [2.24, 2.45) is 0 Å². The second-order valence-corrected chi connectivity index (χ2v) is 11.5. The maximum absolute atomic E-state index is 4.33. The molecule has 4 aromatic carbocycles. The van der Waals surface area contributed by atoms with Gasteiger partial charge in [-0.2, -0.15) is 0 Å². The minimum Gasteiger partial charge on any atom is -0.0984 e. The van der Waals surface area contributed by atoms with Crippen LogP contribution in [0.25, 0.3) is 69.3 Å². The maximum atomic E-state index is 4.33. The van der Waals surface area contributed by atoms with Gasteiger partial charge in [-0.05, 0) is 110 Å². The molecule has 0 aliphatic heterocycles. The Morgan fingerprint density at radius 2 is 1.20 bits per heavy atom. The quantitative estimate of drug-likeness (QED) is 0.141. The topological polar surface area (TPSA) is 0 Å². The van der Waals surface area contributed by atoms with Gasteiger partial charge in [0.1, 0.15) is 0 Å². The zero-order chi connectivity index (χ0) is 36.8. The molecule has 0 heteroatoms. The van der Waals surface area contributed by atoms with E-state index in [0.717, 1.165) is 85.2 Å². The average Bonchev–Trinajstić information content (AvgIpc) is 3.18. The van der Waals surface area contributed by atoms with Crippen LogP contribution in [0.4, 0.5) is 0 Å². The lowest BCUT2D eigenvalue weighted by Gasteiger charge is -2.27. The number of hydrogen-bond donors (Lipinski definition) is 0. The van der Waals surface area contributed by atoms with Gasteiger partial charge >= 0.3 is 0 Å². The van der Waals surface area contributed by atoms with E-state index in [2.05, 4.69) is 124 Å². The van der Waals surface area contributed by atoms with E-state index in [-0.39, 0.29) is 0 Å². The first-order valence-corrected chi connectivity index (χ1v) is 17.8. The summed E-state index contributed by atoms with van der Waals surface area (Å²) in [5.41, 5.74) is 18.0. The summed E-state index contributed by atoms with van der Waals surface area (Å²) in [5, 5.41) is 0. The Morgan fingerprint density at radius 1 is 0.640 bits per heavy atom. The minimum atomic E-state index is 0.939. The number of hydrogen-bond acceptors (Lipinski definition) is 0. The van der Waals surface area contributed by atoms with Crippen molar-refractivity contribution in [3.63, 3.8) is 0 Å². The van der Waals surface area contributed by atoms with Gasteiger partial charge in [0, 0.05) is 0 Å². The van der Waals surface area contributed by atoms with Gasteiger partial charge in [-0.25, -0.2) is 0 Å². The fraction of sp³-hybridized carbons (Fsp3) is 0.160. The molecule has 0 unspecified atom stereocenters. The van der Waals surface area contributed by atoms with Crippen LogP contribution < -0.4 is 0 Å². The third kappa shape index (κ3) is 7.72. The Morgan fingerprint density at radius 3 is 1.74 bits per heavy atom. The third-order valence-corrected chi connectivity index (χ3v) is 8.80. The van der Waals surface area contributed by atoms with Gasteiger partial charge in [-0.1, -0.05) is 194 Å². The Balaban J connectivity index is 0.00000163. The van der Waals surface area contributed by atoms with E-state index in [4.69, 9.17) is 0 Å². The lowest BCUT2D eigenvalue weighted by molar-refractivity contribution is 0.987. The fourth-order valence-electron chi connectivity index (χ4n) is 6.78. The highest BCUT2D eigenvalue weighted by atomic mass is 14.3. The van der Waals surface area contributed by atoms with Crippen LogP contribution in [0.5, 0.6) is 0 Å². The number of rotatable bonds is 11. The molecule has 0 nitrogen and oxygen atoms in total. The summed E-state index contributed by atoms with van der Waals surface area (Å²) in [6, 6.07) is 23.7. The first kappa shape index (κ1) is 39.0. The molecule has 0 radical (unpaired) electrons. The van der Waals surface area contributed by atoms with Crippen LogP contribution in [0.1, 0.15) is 86.9 Å². The predicted octanol–water partition coefficient (Wildman–Crippen LogP) is 15.4. The van der Waals surface area contributed by atoms with Crippen molar-refractivity contribution in [2.45, 2.75) is 54.4 Å².